The molecule has 0 saturated carbocycles. The molecule has 0 heterocycles. The zero-order valence-electron chi connectivity index (χ0n) is 24.1. The summed E-state index contributed by atoms with van der Waals surface area (Å²) in [5.41, 5.74) is 7.76. The van der Waals surface area contributed by atoms with Crippen LogP contribution in [0.1, 0.15) is 117 Å². The maximum atomic E-state index is 10.5. The first kappa shape index (κ1) is 33.9. The van der Waals surface area contributed by atoms with E-state index in [2.05, 4.69) is 69.1 Å². The van der Waals surface area contributed by atoms with Crippen molar-refractivity contribution in [2.75, 3.05) is 6.54 Å². The maximum absolute atomic E-state index is 10.5. The summed E-state index contributed by atoms with van der Waals surface area (Å²) in [7, 11) is 0. The summed E-state index contributed by atoms with van der Waals surface area (Å²) < 4.78 is 0. The molecule has 2 aromatic rings. The summed E-state index contributed by atoms with van der Waals surface area (Å²) in [6, 6.07) is 11.9. The van der Waals surface area contributed by atoms with E-state index in [9.17, 15) is 10.2 Å². The summed E-state index contributed by atoms with van der Waals surface area (Å²) in [5, 5.41) is 22.0. The molecule has 0 aliphatic heterocycles. The molecule has 37 heavy (non-hydrogen) atoms. The van der Waals surface area contributed by atoms with Crippen molar-refractivity contribution in [3.8, 4) is 11.5 Å². The van der Waals surface area contributed by atoms with Crippen LogP contribution < -0.4 is 5.73 Å². The predicted molar refractivity (Wildman–Crippen MR) is 158 cm³/mol. The van der Waals surface area contributed by atoms with Crippen LogP contribution in [0.5, 0.6) is 11.5 Å². The summed E-state index contributed by atoms with van der Waals surface area (Å²) in [6.45, 7) is 14.4. The number of unbranched alkanes of at least 4 members (excludes halogenated alkanes) is 5. The van der Waals surface area contributed by atoms with Crippen LogP contribution in [-0.4, -0.2) is 16.8 Å². The van der Waals surface area contributed by atoms with E-state index in [1.54, 1.807) is 12.1 Å². The van der Waals surface area contributed by atoms with E-state index in [1.807, 2.05) is 12.1 Å². The van der Waals surface area contributed by atoms with Crippen LogP contribution in [0.3, 0.4) is 0 Å². The van der Waals surface area contributed by atoms with Gasteiger partial charge in [-0.3, -0.25) is 0 Å². The molecule has 0 amide bonds. The Balaban J connectivity index is 0.00000102. The van der Waals surface area contributed by atoms with Gasteiger partial charge < -0.3 is 10.2 Å². The van der Waals surface area contributed by atoms with Crippen molar-refractivity contribution >= 4 is 11.8 Å². The molecule has 0 aromatic heterocycles. The fraction of sp³-hybridized carbons (Fsp3) is 0.625. The van der Waals surface area contributed by atoms with Crippen LogP contribution in [0, 0.1) is 0 Å². The zero-order valence-corrected chi connectivity index (χ0v) is 25.9. The van der Waals surface area contributed by atoms with Crippen LogP contribution >= 0.6 is 11.8 Å². The molecular weight excluding hydrogens is 521 g/mol. The van der Waals surface area contributed by atoms with Gasteiger partial charge in [0.05, 0.1) is 9.79 Å². The first-order valence-electron chi connectivity index (χ1n) is 14.1. The van der Waals surface area contributed by atoms with Crippen molar-refractivity contribution in [3.05, 3.63) is 47.5 Å². The number of nitrogens with two attached hydrogens (primary N) is 1. The third kappa shape index (κ3) is 12.1. The zero-order chi connectivity index (χ0) is 27.9. The minimum absolute atomic E-state index is 0.0589. The number of phenolic OH excluding ortho intramolecular Hbond substituents is 2. The fourth-order valence-electron chi connectivity index (χ4n) is 4.30. The van der Waals surface area contributed by atoms with E-state index in [0.717, 1.165) is 47.4 Å². The second kappa shape index (κ2) is 17.4. The quantitative estimate of drug-likeness (QED) is 0.147. The molecule has 0 radical (unpaired) electrons. The number of rotatable bonds is 15. The molecule has 2 aromatic carbocycles. The summed E-state index contributed by atoms with van der Waals surface area (Å²) in [4.78, 5) is 1.61. The second-order valence-electron chi connectivity index (χ2n) is 11.3. The van der Waals surface area contributed by atoms with Crippen LogP contribution in [0.25, 0.3) is 0 Å². The molecule has 0 atom stereocenters. The van der Waals surface area contributed by atoms with Gasteiger partial charge in [-0.25, -0.2) is 0 Å². The molecule has 0 bridgehead atoms. The van der Waals surface area contributed by atoms with Crippen molar-refractivity contribution in [3.63, 3.8) is 0 Å². The second-order valence-corrected chi connectivity index (χ2v) is 12.9. The average Bonchev–Trinajstić information content (AvgIpc) is 2.85. The monoisotopic (exact) mass is 572 g/mol. The molecular formula is C32H52NNiO2S. The topological polar surface area (TPSA) is 66.5 Å². The molecule has 0 fully saturated rings. The molecule has 0 aliphatic carbocycles. The number of benzene rings is 2. The van der Waals surface area contributed by atoms with Gasteiger partial charge >= 0.3 is 46.0 Å². The van der Waals surface area contributed by atoms with Crippen molar-refractivity contribution in [1.82, 2.24) is 0 Å². The van der Waals surface area contributed by atoms with Gasteiger partial charge in [-0.1, -0.05) is 104 Å². The Bertz CT molecular complexity index is 840. The number of phenols is 2. The Labute approximate surface area is 239 Å². The third-order valence-corrected chi connectivity index (χ3v) is 8.52. The Morgan fingerprint density at radius 1 is 0.703 bits per heavy atom. The molecule has 3 nitrogen and oxygen atoms in total. The molecule has 0 spiro atoms. The molecule has 0 saturated heterocycles. The summed E-state index contributed by atoms with van der Waals surface area (Å²) >= 11 is 5.87. The number of hydrogen-bond acceptors (Lipinski definition) is 4. The Morgan fingerprint density at radius 2 is 1.14 bits per heavy atom. The minimum atomic E-state index is 0.0589. The van der Waals surface area contributed by atoms with E-state index >= 15 is 0 Å². The van der Waals surface area contributed by atoms with Crippen LogP contribution in [0.4, 0.5) is 0 Å². The third-order valence-electron chi connectivity index (χ3n) is 7.08. The predicted octanol–water partition coefficient (Wildman–Crippen LogP) is 9.66. The van der Waals surface area contributed by atoms with E-state index in [4.69, 9.17) is 5.73 Å². The van der Waals surface area contributed by atoms with E-state index < -0.39 is 0 Å². The standard InChI is InChI=1S/C28H42O2S.C4H10N.Ni/c1-7-9-11-17-27(3,4)21-13-15-23(29)25(19-21)31-26-20-22(14-16-24(26)30)28(5,6)18-12-10-8-2;1-2-3-4-5;/h13-16,19-20,29-30H,7-12,17-18H2,1-6H3;1-5H2;. The van der Waals surface area contributed by atoms with Gasteiger partial charge in [-0.15, -0.1) is 0 Å². The van der Waals surface area contributed by atoms with E-state index in [0.29, 0.717) is 0 Å². The van der Waals surface area contributed by atoms with Crippen molar-refractivity contribution in [2.45, 2.75) is 132 Å². The van der Waals surface area contributed by atoms with Gasteiger partial charge in [-0.2, -0.15) is 0 Å². The summed E-state index contributed by atoms with van der Waals surface area (Å²) in [5.74, 6) is 0.537. The summed E-state index contributed by atoms with van der Waals surface area (Å²) in [6.07, 6.45) is 11.8. The Morgan fingerprint density at radius 3 is 1.46 bits per heavy atom. The van der Waals surface area contributed by atoms with Gasteiger partial charge in [0.15, 0.2) is 0 Å². The number of aromatic hydroxyl groups is 2. The molecule has 5 heteroatoms. The van der Waals surface area contributed by atoms with Gasteiger partial charge in [0, 0.05) is 0 Å². The van der Waals surface area contributed by atoms with Crippen LogP contribution in [0.15, 0.2) is 46.2 Å². The van der Waals surface area contributed by atoms with Gasteiger partial charge in [0.2, 0.25) is 0 Å². The van der Waals surface area contributed by atoms with Crippen LogP contribution in [0.2, 0.25) is 5.39 Å². The number of hydrogen-bond donors (Lipinski definition) is 3. The molecule has 0 aliphatic rings. The molecule has 4 N–H and O–H groups in total. The van der Waals surface area contributed by atoms with Crippen molar-refractivity contribution < 1.29 is 25.7 Å². The van der Waals surface area contributed by atoms with E-state index in [-0.39, 0.29) is 22.3 Å². The average molecular weight is 574 g/mol. The fourth-order valence-corrected chi connectivity index (χ4v) is 5.50. The normalized spacial score (nSPS) is 11.8. The molecule has 213 valence electrons. The Hall–Kier alpha value is -1.16. The van der Waals surface area contributed by atoms with Crippen LogP contribution in [-0.2, 0) is 26.3 Å². The van der Waals surface area contributed by atoms with Gasteiger partial charge in [-0.05, 0) is 59.1 Å². The SMILES string of the molecule is CCCCCC(C)(C)c1ccc(O)c(Sc2cc(C(C)(C)CCCCC)ccc2O)c1.NCCC[CH2][Ni]. The van der Waals surface area contributed by atoms with E-state index in [1.165, 1.54) is 61.4 Å². The molecule has 0 unspecified atom stereocenters. The first-order chi connectivity index (χ1) is 17.5. The first-order valence-corrected chi connectivity index (χ1v) is 15.6. The van der Waals surface area contributed by atoms with Crippen molar-refractivity contribution in [1.29, 1.82) is 0 Å². The Kier molecular flexibility index (Phi) is 16.0. The van der Waals surface area contributed by atoms with Crippen molar-refractivity contribution in [2.24, 2.45) is 5.73 Å². The van der Waals surface area contributed by atoms with Gasteiger partial charge in [0.25, 0.3) is 0 Å². The molecule has 2 rings (SSSR count). The van der Waals surface area contributed by atoms with Gasteiger partial charge in [0.1, 0.15) is 11.5 Å².